The maximum absolute atomic E-state index is 10.8. The van der Waals surface area contributed by atoms with Crippen molar-refractivity contribution in [2.75, 3.05) is 18.8 Å². The van der Waals surface area contributed by atoms with Gasteiger partial charge in [0.25, 0.3) is 0 Å². The largest absolute Gasteiger partial charge is 0.465 e. The first-order valence-electron chi connectivity index (χ1n) is 6.73. The number of hydrogen-bond acceptors (Lipinski definition) is 4. The molecule has 0 spiro atoms. The number of carboxylic acid groups (broad SMARTS) is 1. The number of piperidine rings is 1. The summed E-state index contributed by atoms with van der Waals surface area (Å²) in [5.41, 5.74) is 7.66. The molecular weight excluding hydrogens is 280 g/mol. The fourth-order valence-corrected chi connectivity index (χ4v) is 2.87. The van der Waals surface area contributed by atoms with E-state index in [0.29, 0.717) is 24.8 Å². The van der Waals surface area contributed by atoms with E-state index in [4.69, 9.17) is 22.4 Å². The number of anilines is 1. The number of likely N-dealkylation sites (tertiary alicyclic amines) is 1. The Kier molecular flexibility index (Phi) is 4.65. The molecule has 0 unspecified atom stereocenters. The average Bonchev–Trinajstić information content (AvgIpc) is 2.38. The molecule has 1 aliphatic rings. The summed E-state index contributed by atoms with van der Waals surface area (Å²) in [7, 11) is 0. The molecule has 6 nitrogen and oxygen atoms in total. The Balaban J connectivity index is 1.89. The van der Waals surface area contributed by atoms with Crippen LogP contribution in [0.3, 0.4) is 0 Å². The zero-order chi connectivity index (χ0) is 14.7. The van der Waals surface area contributed by atoms with Crippen molar-refractivity contribution in [3.8, 4) is 0 Å². The van der Waals surface area contributed by atoms with Crippen LogP contribution < -0.4 is 5.73 Å². The fraction of sp³-hybridized carbons (Fsp3) is 0.615. The fourth-order valence-electron chi connectivity index (χ4n) is 2.65. The zero-order valence-electron chi connectivity index (χ0n) is 11.5. The number of rotatable bonds is 3. The maximum atomic E-state index is 10.8. The molecule has 0 aliphatic carbocycles. The lowest BCUT2D eigenvalue weighted by molar-refractivity contribution is 0.123. The van der Waals surface area contributed by atoms with Gasteiger partial charge in [-0.3, -0.25) is 0 Å². The Labute approximate surface area is 123 Å². The molecule has 0 bridgehead atoms. The number of nitrogen functional groups attached to an aromatic ring is 1. The number of aryl methyl sites for hydroxylation is 1. The van der Waals surface area contributed by atoms with Crippen molar-refractivity contribution in [3.05, 3.63) is 16.5 Å². The molecule has 0 atom stereocenters. The Bertz CT molecular complexity index is 478. The van der Waals surface area contributed by atoms with Crippen LogP contribution in [0.15, 0.2) is 0 Å². The van der Waals surface area contributed by atoms with Gasteiger partial charge in [0.2, 0.25) is 5.28 Å². The second-order valence-corrected chi connectivity index (χ2v) is 5.53. The summed E-state index contributed by atoms with van der Waals surface area (Å²) in [4.78, 5) is 20.4. The molecule has 0 aromatic carbocycles. The van der Waals surface area contributed by atoms with Gasteiger partial charge in [0, 0.05) is 24.3 Å². The highest BCUT2D eigenvalue weighted by molar-refractivity contribution is 6.28. The molecule has 2 heterocycles. The Hall–Kier alpha value is -1.56. The number of nitrogens with two attached hydrogens (primary N) is 1. The minimum absolute atomic E-state index is 0.179. The molecule has 1 amide bonds. The predicted octanol–water partition coefficient (Wildman–Crippen LogP) is 2.34. The van der Waals surface area contributed by atoms with E-state index in [0.717, 1.165) is 36.9 Å². The van der Waals surface area contributed by atoms with Crippen LogP contribution in [0.2, 0.25) is 5.28 Å². The second kappa shape index (κ2) is 6.26. The highest BCUT2D eigenvalue weighted by Crippen LogP contribution is 2.25. The highest BCUT2D eigenvalue weighted by atomic mass is 35.5. The molecule has 1 fully saturated rings. The molecule has 1 aromatic heterocycles. The van der Waals surface area contributed by atoms with Gasteiger partial charge in [-0.2, -0.15) is 0 Å². The second-order valence-electron chi connectivity index (χ2n) is 5.19. The third-order valence-electron chi connectivity index (χ3n) is 3.91. The van der Waals surface area contributed by atoms with Crippen molar-refractivity contribution in [2.45, 2.75) is 32.6 Å². The molecule has 1 saturated heterocycles. The maximum Gasteiger partial charge on any atom is 0.407 e. The van der Waals surface area contributed by atoms with Gasteiger partial charge in [0.05, 0.1) is 0 Å². The molecule has 3 N–H and O–H groups in total. The third kappa shape index (κ3) is 3.50. The minimum atomic E-state index is -0.824. The van der Waals surface area contributed by atoms with E-state index < -0.39 is 6.09 Å². The third-order valence-corrected chi connectivity index (χ3v) is 4.08. The Morgan fingerprint density at radius 3 is 2.65 bits per heavy atom. The molecule has 1 aliphatic heterocycles. The van der Waals surface area contributed by atoms with E-state index in [2.05, 4.69) is 9.97 Å². The van der Waals surface area contributed by atoms with Crippen LogP contribution in [0, 0.1) is 12.8 Å². The SMILES string of the molecule is Cc1nc(Cl)nc(N)c1CCC1CCN(C(=O)O)CC1. The number of nitrogens with zero attached hydrogens (tertiary/aromatic N) is 3. The van der Waals surface area contributed by atoms with Crippen molar-refractivity contribution in [1.29, 1.82) is 0 Å². The van der Waals surface area contributed by atoms with Crippen LogP contribution in [0.5, 0.6) is 0 Å². The predicted molar refractivity (Wildman–Crippen MR) is 76.8 cm³/mol. The highest BCUT2D eigenvalue weighted by Gasteiger charge is 2.22. The summed E-state index contributed by atoms with van der Waals surface area (Å²) in [5.74, 6) is 0.977. The molecule has 2 rings (SSSR count). The van der Waals surface area contributed by atoms with Gasteiger partial charge in [-0.05, 0) is 50.1 Å². The number of carbonyl (C=O) groups is 1. The van der Waals surface area contributed by atoms with E-state index in [1.165, 1.54) is 4.90 Å². The Morgan fingerprint density at radius 2 is 2.10 bits per heavy atom. The summed E-state index contributed by atoms with van der Waals surface area (Å²) in [6.07, 6.45) is 2.77. The van der Waals surface area contributed by atoms with Gasteiger partial charge in [0.15, 0.2) is 0 Å². The van der Waals surface area contributed by atoms with Crippen LogP contribution >= 0.6 is 11.6 Å². The van der Waals surface area contributed by atoms with Crippen molar-refractivity contribution in [3.63, 3.8) is 0 Å². The van der Waals surface area contributed by atoms with Gasteiger partial charge in [0.1, 0.15) is 5.82 Å². The van der Waals surface area contributed by atoms with Crippen LogP contribution in [0.1, 0.15) is 30.5 Å². The molecule has 20 heavy (non-hydrogen) atoms. The molecule has 7 heteroatoms. The van der Waals surface area contributed by atoms with E-state index >= 15 is 0 Å². The summed E-state index contributed by atoms with van der Waals surface area (Å²) in [6, 6.07) is 0. The van der Waals surface area contributed by atoms with Crippen molar-refractivity contribution >= 4 is 23.5 Å². The number of halogens is 1. The molecule has 110 valence electrons. The number of aromatic nitrogens is 2. The van der Waals surface area contributed by atoms with Crippen LogP contribution in [0.4, 0.5) is 10.6 Å². The van der Waals surface area contributed by atoms with Crippen molar-refractivity contribution in [2.24, 2.45) is 5.92 Å². The van der Waals surface area contributed by atoms with Crippen molar-refractivity contribution in [1.82, 2.24) is 14.9 Å². The van der Waals surface area contributed by atoms with E-state index in [1.807, 2.05) is 6.92 Å². The summed E-state index contributed by atoms with van der Waals surface area (Å²) in [6.45, 7) is 3.11. The van der Waals surface area contributed by atoms with E-state index in [1.54, 1.807) is 0 Å². The smallest absolute Gasteiger partial charge is 0.407 e. The number of amides is 1. The normalized spacial score (nSPS) is 16.4. The van der Waals surface area contributed by atoms with E-state index in [9.17, 15) is 4.79 Å². The molecule has 0 saturated carbocycles. The summed E-state index contributed by atoms with van der Waals surface area (Å²) >= 11 is 5.75. The zero-order valence-corrected chi connectivity index (χ0v) is 12.2. The molecular formula is C13H19ClN4O2. The van der Waals surface area contributed by atoms with Crippen LogP contribution in [0.25, 0.3) is 0 Å². The monoisotopic (exact) mass is 298 g/mol. The first-order chi connectivity index (χ1) is 9.47. The van der Waals surface area contributed by atoms with Gasteiger partial charge in [-0.15, -0.1) is 0 Å². The lowest BCUT2D eigenvalue weighted by Crippen LogP contribution is -2.37. The quantitative estimate of drug-likeness (QED) is 0.836. The average molecular weight is 299 g/mol. The standard InChI is InChI=1S/C13H19ClN4O2/c1-8-10(11(15)17-12(14)16-8)3-2-9-4-6-18(7-5-9)13(19)20/h9H,2-7H2,1H3,(H,19,20)(H2,15,16,17). The lowest BCUT2D eigenvalue weighted by atomic mass is 9.90. The molecule has 1 aromatic rings. The van der Waals surface area contributed by atoms with Crippen molar-refractivity contribution < 1.29 is 9.90 Å². The van der Waals surface area contributed by atoms with Gasteiger partial charge >= 0.3 is 6.09 Å². The summed E-state index contributed by atoms with van der Waals surface area (Å²) < 4.78 is 0. The Morgan fingerprint density at radius 1 is 1.45 bits per heavy atom. The number of hydrogen-bond donors (Lipinski definition) is 2. The minimum Gasteiger partial charge on any atom is -0.465 e. The first kappa shape index (κ1) is 14.8. The molecule has 0 radical (unpaired) electrons. The lowest BCUT2D eigenvalue weighted by Gasteiger charge is -2.30. The summed E-state index contributed by atoms with van der Waals surface area (Å²) in [5, 5.41) is 9.09. The topological polar surface area (TPSA) is 92.3 Å². The van der Waals surface area contributed by atoms with Gasteiger partial charge in [-0.25, -0.2) is 14.8 Å². The first-order valence-corrected chi connectivity index (χ1v) is 7.11. The van der Waals surface area contributed by atoms with E-state index in [-0.39, 0.29) is 5.28 Å². The van der Waals surface area contributed by atoms with Crippen LogP contribution in [-0.2, 0) is 6.42 Å². The van der Waals surface area contributed by atoms with Crippen LogP contribution in [-0.4, -0.2) is 39.2 Å². The van der Waals surface area contributed by atoms with Gasteiger partial charge in [-0.1, -0.05) is 0 Å². The van der Waals surface area contributed by atoms with Gasteiger partial charge < -0.3 is 15.7 Å².